The number of nitrogens with one attached hydrogen (secondary N) is 2. The van der Waals surface area contributed by atoms with Crippen LogP contribution in [0, 0.1) is 17.0 Å². The number of nitrogens with zero attached hydrogens (tertiary/aromatic N) is 1. The maximum absolute atomic E-state index is 12.2. The Morgan fingerprint density at radius 2 is 2.14 bits per heavy atom. The highest BCUT2D eigenvalue weighted by Gasteiger charge is 2.20. The molecule has 2 rings (SSSR count). The van der Waals surface area contributed by atoms with Gasteiger partial charge < -0.3 is 10.6 Å². The Hall–Kier alpha value is -2.41. The number of nitro groups is 1. The van der Waals surface area contributed by atoms with Crippen molar-refractivity contribution in [2.45, 2.75) is 13.5 Å². The molecule has 21 heavy (non-hydrogen) atoms. The number of hydrogen-bond acceptors (Lipinski definition) is 5. The number of thiophene rings is 1. The minimum atomic E-state index is -0.508. The summed E-state index contributed by atoms with van der Waals surface area (Å²) in [7, 11) is 1.56. The summed E-state index contributed by atoms with van der Waals surface area (Å²) < 4.78 is 0. The van der Waals surface area contributed by atoms with E-state index >= 15 is 0 Å². The zero-order chi connectivity index (χ0) is 15.4. The zero-order valence-corrected chi connectivity index (χ0v) is 12.5. The number of aryl methyl sites for hydroxylation is 1. The Balaban J connectivity index is 2.21. The van der Waals surface area contributed by atoms with Crippen molar-refractivity contribution in [3.05, 3.63) is 55.8 Å². The number of carbonyl (C=O) groups excluding carboxylic acids is 1. The summed E-state index contributed by atoms with van der Waals surface area (Å²) in [5, 5.41) is 20.5. The van der Waals surface area contributed by atoms with Crippen LogP contribution in [0.3, 0.4) is 0 Å². The lowest BCUT2D eigenvalue weighted by Gasteiger charge is -2.10. The number of hydrogen-bond donors (Lipinski definition) is 2. The van der Waals surface area contributed by atoms with E-state index in [9.17, 15) is 14.9 Å². The maximum Gasteiger partial charge on any atom is 0.293 e. The van der Waals surface area contributed by atoms with Crippen molar-refractivity contribution in [3.63, 3.8) is 0 Å². The number of carbonyl (C=O) groups is 1. The third-order valence-corrected chi connectivity index (χ3v) is 4.05. The van der Waals surface area contributed by atoms with E-state index < -0.39 is 4.92 Å². The van der Waals surface area contributed by atoms with Gasteiger partial charge in [0.05, 0.1) is 10.5 Å². The fourth-order valence-electron chi connectivity index (χ4n) is 1.98. The van der Waals surface area contributed by atoms with Crippen LogP contribution in [0.2, 0.25) is 0 Å². The third-order valence-electron chi connectivity index (χ3n) is 3.13. The van der Waals surface area contributed by atoms with Gasteiger partial charge in [-0.15, -0.1) is 0 Å². The summed E-state index contributed by atoms with van der Waals surface area (Å²) in [6.07, 6.45) is 0. The normalized spacial score (nSPS) is 10.2. The molecule has 1 heterocycles. The molecule has 0 atom stereocenters. The molecule has 1 aromatic carbocycles. The number of benzene rings is 1. The monoisotopic (exact) mass is 305 g/mol. The molecular formula is C14H15N3O3S. The quantitative estimate of drug-likeness (QED) is 0.657. The van der Waals surface area contributed by atoms with Gasteiger partial charge in [-0.2, -0.15) is 11.3 Å². The average Bonchev–Trinajstić information content (AvgIpc) is 2.89. The van der Waals surface area contributed by atoms with Gasteiger partial charge in [-0.05, 0) is 34.9 Å². The van der Waals surface area contributed by atoms with Crippen LogP contribution in [0.1, 0.15) is 21.5 Å². The molecule has 0 radical (unpaired) electrons. The topological polar surface area (TPSA) is 84.3 Å². The van der Waals surface area contributed by atoms with E-state index in [2.05, 4.69) is 10.6 Å². The first-order valence-electron chi connectivity index (χ1n) is 6.29. The van der Waals surface area contributed by atoms with E-state index in [1.165, 1.54) is 12.1 Å². The van der Waals surface area contributed by atoms with Crippen molar-refractivity contribution in [2.75, 3.05) is 12.4 Å². The second-order valence-corrected chi connectivity index (χ2v) is 5.21. The van der Waals surface area contributed by atoms with Crippen molar-refractivity contribution in [1.82, 2.24) is 5.32 Å². The highest BCUT2D eigenvalue weighted by Crippen LogP contribution is 2.27. The van der Waals surface area contributed by atoms with E-state index in [4.69, 9.17) is 0 Å². The molecule has 0 spiro atoms. The van der Waals surface area contributed by atoms with Crippen molar-refractivity contribution in [1.29, 1.82) is 0 Å². The summed E-state index contributed by atoms with van der Waals surface area (Å²) in [5.41, 5.74) is 2.54. The largest absolute Gasteiger partial charge is 0.382 e. The molecule has 6 nitrogen and oxygen atoms in total. The van der Waals surface area contributed by atoms with Crippen LogP contribution < -0.4 is 10.6 Å². The molecule has 0 aliphatic carbocycles. The Morgan fingerprint density at radius 3 is 2.71 bits per heavy atom. The zero-order valence-electron chi connectivity index (χ0n) is 11.7. The van der Waals surface area contributed by atoms with E-state index in [0.717, 1.165) is 11.1 Å². The summed E-state index contributed by atoms with van der Waals surface area (Å²) >= 11 is 1.57. The highest BCUT2D eigenvalue weighted by atomic mass is 32.1. The minimum absolute atomic E-state index is 0.114. The first-order valence-corrected chi connectivity index (χ1v) is 7.24. The second kappa shape index (κ2) is 6.36. The fourth-order valence-corrected chi connectivity index (χ4v) is 2.84. The number of nitro benzene ring substituents is 1. The first kappa shape index (κ1) is 15.0. The Morgan fingerprint density at radius 1 is 1.38 bits per heavy atom. The van der Waals surface area contributed by atoms with Crippen LogP contribution in [0.5, 0.6) is 0 Å². The molecule has 0 saturated heterocycles. The van der Waals surface area contributed by atoms with Gasteiger partial charge in [0, 0.05) is 19.7 Å². The summed E-state index contributed by atoms with van der Waals surface area (Å²) in [6.45, 7) is 2.38. The Labute approximate surface area is 126 Å². The molecule has 0 fully saturated rings. The molecule has 2 N–H and O–H groups in total. The van der Waals surface area contributed by atoms with Gasteiger partial charge in [0.1, 0.15) is 5.69 Å². The molecule has 0 aliphatic heterocycles. The maximum atomic E-state index is 12.2. The lowest BCUT2D eigenvalue weighted by atomic mass is 10.1. The van der Waals surface area contributed by atoms with Crippen molar-refractivity contribution < 1.29 is 9.72 Å². The van der Waals surface area contributed by atoms with Crippen LogP contribution in [0.15, 0.2) is 29.0 Å². The SMILES string of the molecule is CNc1c(C(=O)NCc2cscc2C)cccc1[N+](=O)[O-]. The molecule has 0 bridgehead atoms. The van der Waals surface area contributed by atoms with E-state index in [0.29, 0.717) is 6.54 Å². The average molecular weight is 305 g/mol. The van der Waals surface area contributed by atoms with Crippen LogP contribution in [-0.2, 0) is 6.54 Å². The van der Waals surface area contributed by atoms with Gasteiger partial charge in [-0.3, -0.25) is 14.9 Å². The molecule has 0 unspecified atom stereocenters. The van der Waals surface area contributed by atoms with Crippen LogP contribution in [-0.4, -0.2) is 17.9 Å². The van der Waals surface area contributed by atoms with Gasteiger partial charge in [-0.1, -0.05) is 6.07 Å². The molecule has 1 aromatic heterocycles. The molecule has 2 aromatic rings. The van der Waals surface area contributed by atoms with Crippen LogP contribution in [0.25, 0.3) is 0 Å². The number of anilines is 1. The molecule has 1 amide bonds. The molecule has 7 heteroatoms. The Kier molecular flexibility index (Phi) is 4.54. The minimum Gasteiger partial charge on any atom is -0.382 e. The van der Waals surface area contributed by atoms with E-state index in [-0.39, 0.29) is 22.8 Å². The second-order valence-electron chi connectivity index (χ2n) is 4.47. The molecule has 110 valence electrons. The summed E-state index contributed by atoms with van der Waals surface area (Å²) in [4.78, 5) is 22.7. The van der Waals surface area contributed by atoms with Gasteiger partial charge in [0.15, 0.2) is 0 Å². The summed E-state index contributed by atoms with van der Waals surface area (Å²) in [6, 6.07) is 4.43. The number of rotatable bonds is 5. The van der Waals surface area contributed by atoms with Crippen LogP contribution in [0.4, 0.5) is 11.4 Å². The number of amides is 1. The fraction of sp³-hybridized carbons (Fsp3) is 0.214. The van der Waals surface area contributed by atoms with Gasteiger partial charge in [-0.25, -0.2) is 0 Å². The predicted molar refractivity (Wildman–Crippen MR) is 82.9 cm³/mol. The van der Waals surface area contributed by atoms with Gasteiger partial charge >= 0.3 is 0 Å². The predicted octanol–water partition coefficient (Wildman–Crippen LogP) is 2.94. The molecule has 0 saturated carbocycles. The third kappa shape index (κ3) is 3.19. The van der Waals surface area contributed by atoms with E-state index in [1.54, 1.807) is 24.5 Å². The lowest BCUT2D eigenvalue weighted by molar-refractivity contribution is -0.384. The van der Waals surface area contributed by atoms with Crippen molar-refractivity contribution >= 4 is 28.6 Å². The molecule has 0 aliphatic rings. The van der Waals surface area contributed by atoms with Gasteiger partial charge in [0.25, 0.3) is 11.6 Å². The van der Waals surface area contributed by atoms with E-state index in [1.807, 2.05) is 17.7 Å². The van der Waals surface area contributed by atoms with Gasteiger partial charge in [0.2, 0.25) is 0 Å². The summed E-state index contributed by atoms with van der Waals surface area (Å²) in [5.74, 6) is -0.339. The lowest BCUT2D eigenvalue weighted by Crippen LogP contribution is -2.24. The number of para-hydroxylation sites is 1. The standard InChI is InChI=1S/C14H15N3O3S/c1-9-7-21-8-10(9)6-16-14(18)11-4-3-5-12(17(19)20)13(11)15-2/h3-5,7-8,15H,6H2,1-2H3,(H,16,18). The molecular weight excluding hydrogens is 290 g/mol. The van der Waals surface area contributed by atoms with Crippen LogP contribution >= 0.6 is 11.3 Å². The smallest absolute Gasteiger partial charge is 0.293 e. The first-order chi connectivity index (χ1) is 10.0. The van der Waals surface area contributed by atoms with Crippen molar-refractivity contribution in [2.24, 2.45) is 0 Å². The Bertz CT molecular complexity index is 682. The highest BCUT2D eigenvalue weighted by molar-refractivity contribution is 7.08. The van der Waals surface area contributed by atoms with Crippen molar-refractivity contribution in [3.8, 4) is 0 Å².